The Morgan fingerprint density at radius 2 is 1.69 bits per heavy atom. The molecule has 3 aromatic carbocycles. The van der Waals surface area contributed by atoms with Crippen molar-refractivity contribution in [1.29, 1.82) is 0 Å². The number of fused-ring (bicyclic) bond motifs is 1. The maximum absolute atomic E-state index is 13.8. The van der Waals surface area contributed by atoms with E-state index < -0.39 is 32.6 Å². The summed E-state index contributed by atoms with van der Waals surface area (Å²) in [5, 5.41) is 14.5. The van der Waals surface area contributed by atoms with Gasteiger partial charge in [0.25, 0.3) is 5.69 Å². The number of nitrogens with one attached hydrogen (secondary N) is 1. The monoisotopic (exact) mass is 594 g/mol. The van der Waals surface area contributed by atoms with Crippen molar-refractivity contribution in [3.63, 3.8) is 0 Å². The Balaban J connectivity index is 1.64. The van der Waals surface area contributed by atoms with Crippen LogP contribution in [-0.2, 0) is 27.0 Å². The lowest BCUT2D eigenvalue weighted by Gasteiger charge is -2.36. The second-order valence-corrected chi connectivity index (χ2v) is 12.8. The Morgan fingerprint density at radius 1 is 1.02 bits per heavy atom. The zero-order valence-electron chi connectivity index (χ0n) is 24.4. The van der Waals surface area contributed by atoms with Crippen molar-refractivity contribution in [1.82, 2.24) is 14.5 Å². The van der Waals surface area contributed by atoms with Crippen molar-refractivity contribution < 1.29 is 22.9 Å². The zero-order chi connectivity index (χ0) is 30.4. The molecule has 1 amide bonds. The molecule has 224 valence electrons. The third-order valence-electron chi connectivity index (χ3n) is 7.41. The molecule has 0 radical (unpaired) electrons. The van der Waals surface area contributed by atoms with Gasteiger partial charge in [0.1, 0.15) is 17.5 Å². The Morgan fingerprint density at radius 3 is 2.36 bits per heavy atom. The summed E-state index contributed by atoms with van der Waals surface area (Å²) in [6.07, 6.45) is 0.357. The van der Waals surface area contributed by atoms with Gasteiger partial charge < -0.3 is 10.1 Å². The molecule has 0 spiro atoms. The maximum Gasteiger partial charge on any atom is 0.273 e. The fraction of sp³-hybridized carbons (Fsp3) is 0.387. The first kappa shape index (κ1) is 31.1. The van der Waals surface area contributed by atoms with Crippen LogP contribution in [0.3, 0.4) is 0 Å². The highest BCUT2D eigenvalue weighted by Gasteiger charge is 2.40. The van der Waals surface area contributed by atoms with Gasteiger partial charge in [-0.3, -0.25) is 19.8 Å². The van der Waals surface area contributed by atoms with Crippen molar-refractivity contribution in [3.8, 4) is 11.5 Å². The average molecular weight is 595 g/mol. The number of ether oxygens (including phenoxy) is 1. The lowest BCUT2D eigenvalue weighted by Crippen LogP contribution is -2.49. The molecule has 0 saturated carbocycles. The predicted octanol–water partition coefficient (Wildman–Crippen LogP) is 5.05. The van der Waals surface area contributed by atoms with Crippen LogP contribution >= 0.6 is 0 Å². The van der Waals surface area contributed by atoms with Crippen molar-refractivity contribution in [3.05, 3.63) is 99.6 Å². The van der Waals surface area contributed by atoms with Crippen LogP contribution in [0.4, 0.5) is 5.69 Å². The fourth-order valence-electron chi connectivity index (χ4n) is 5.45. The Kier molecular flexibility index (Phi) is 9.97. The van der Waals surface area contributed by atoms with Gasteiger partial charge in [-0.1, -0.05) is 42.5 Å². The highest BCUT2D eigenvalue weighted by atomic mass is 32.2. The number of amides is 1. The number of benzene rings is 3. The van der Waals surface area contributed by atoms with Gasteiger partial charge in [0.2, 0.25) is 15.9 Å². The Hall–Kier alpha value is -3.80. The van der Waals surface area contributed by atoms with Crippen LogP contribution in [0.1, 0.15) is 50.4 Å². The molecule has 0 saturated heterocycles. The van der Waals surface area contributed by atoms with Gasteiger partial charge >= 0.3 is 0 Å². The number of para-hydroxylation sites is 2. The van der Waals surface area contributed by atoms with Crippen LogP contribution < -0.4 is 10.1 Å². The number of nitro groups is 1. The highest BCUT2D eigenvalue weighted by Crippen LogP contribution is 2.36. The molecule has 0 aromatic heterocycles. The van der Waals surface area contributed by atoms with E-state index in [4.69, 9.17) is 4.74 Å². The number of hydrogen-bond acceptors (Lipinski definition) is 7. The minimum atomic E-state index is -4.13. The first-order valence-electron chi connectivity index (χ1n) is 14.1. The van der Waals surface area contributed by atoms with E-state index in [-0.39, 0.29) is 29.9 Å². The van der Waals surface area contributed by atoms with Crippen LogP contribution in [-0.4, -0.2) is 60.2 Å². The van der Waals surface area contributed by atoms with E-state index in [1.807, 2.05) is 36.4 Å². The van der Waals surface area contributed by atoms with E-state index in [1.54, 1.807) is 18.2 Å². The van der Waals surface area contributed by atoms with E-state index in [2.05, 4.69) is 37.9 Å². The first-order valence-corrected chi connectivity index (χ1v) is 15.7. The summed E-state index contributed by atoms with van der Waals surface area (Å²) in [5.74, 6) is 0.217. The molecule has 4 rings (SSSR count). The number of hydrogen-bond donors (Lipinski definition) is 1. The standard InChI is InChI=1S/C31H38N4O6S/c1-22(2)33(23(3)4)19-17-32-31(36)30-28-15-14-27(41-26-11-6-5-7-12-26)20-24(28)16-18-34(30)42(39,40)21-25-10-8-9-13-29(25)35(37)38/h5-15,20,22-23,30H,16-19,21H2,1-4H3,(H,32,36). The van der Waals surface area contributed by atoms with Gasteiger partial charge in [-0.05, 0) is 69.5 Å². The molecule has 0 aliphatic carbocycles. The number of carbonyl (C=O) groups excluding carboxylic acids is 1. The molecule has 42 heavy (non-hydrogen) atoms. The third-order valence-corrected chi connectivity index (χ3v) is 9.19. The number of carbonyl (C=O) groups is 1. The fourth-order valence-corrected chi connectivity index (χ4v) is 7.15. The second-order valence-electron chi connectivity index (χ2n) is 10.9. The zero-order valence-corrected chi connectivity index (χ0v) is 25.2. The van der Waals surface area contributed by atoms with E-state index in [1.165, 1.54) is 22.5 Å². The molecule has 0 fully saturated rings. The molecular weight excluding hydrogens is 556 g/mol. The first-order chi connectivity index (χ1) is 20.0. The largest absolute Gasteiger partial charge is 0.457 e. The molecule has 1 aliphatic heterocycles. The summed E-state index contributed by atoms with van der Waals surface area (Å²) in [6.45, 7) is 9.35. The van der Waals surface area contributed by atoms with E-state index >= 15 is 0 Å². The normalized spacial score (nSPS) is 15.5. The van der Waals surface area contributed by atoms with E-state index in [0.717, 1.165) is 5.56 Å². The molecule has 1 N–H and O–H groups in total. The quantitative estimate of drug-likeness (QED) is 0.230. The van der Waals surface area contributed by atoms with Crippen LogP contribution in [0.25, 0.3) is 0 Å². The van der Waals surface area contributed by atoms with Gasteiger partial charge in [0.15, 0.2) is 0 Å². The van der Waals surface area contributed by atoms with Crippen molar-refractivity contribution in [2.75, 3.05) is 19.6 Å². The number of nitrogens with zero attached hydrogens (tertiary/aromatic N) is 3. The van der Waals surface area contributed by atoms with E-state index in [9.17, 15) is 23.3 Å². The van der Waals surface area contributed by atoms with Crippen LogP contribution in [0, 0.1) is 10.1 Å². The predicted molar refractivity (Wildman–Crippen MR) is 162 cm³/mol. The van der Waals surface area contributed by atoms with Crippen LogP contribution in [0.2, 0.25) is 0 Å². The van der Waals surface area contributed by atoms with E-state index in [0.29, 0.717) is 36.6 Å². The molecule has 3 aromatic rings. The minimum Gasteiger partial charge on any atom is -0.457 e. The summed E-state index contributed by atoms with van der Waals surface area (Å²) in [7, 11) is -4.13. The summed E-state index contributed by atoms with van der Waals surface area (Å²) in [6, 6.07) is 19.8. The molecular formula is C31H38N4O6S. The minimum absolute atomic E-state index is 0.0486. The summed E-state index contributed by atoms with van der Waals surface area (Å²) in [4.78, 5) is 27.0. The van der Waals surface area contributed by atoms with Gasteiger partial charge in [-0.2, -0.15) is 4.31 Å². The number of nitro benzene ring substituents is 1. The molecule has 11 heteroatoms. The van der Waals surface area contributed by atoms with Crippen molar-refractivity contribution in [2.24, 2.45) is 0 Å². The molecule has 10 nitrogen and oxygen atoms in total. The Labute approximate surface area is 247 Å². The SMILES string of the molecule is CC(C)N(CCNC(=O)C1c2ccc(Oc3ccccc3)cc2CCN1S(=O)(=O)Cc1ccccc1[N+](=O)[O-])C(C)C. The Bertz CT molecular complexity index is 1500. The van der Waals surface area contributed by atoms with Crippen LogP contribution in [0.15, 0.2) is 72.8 Å². The lowest BCUT2D eigenvalue weighted by molar-refractivity contribution is -0.385. The maximum atomic E-state index is 13.8. The number of sulfonamides is 1. The summed E-state index contributed by atoms with van der Waals surface area (Å²) >= 11 is 0. The average Bonchev–Trinajstić information content (AvgIpc) is 2.94. The highest BCUT2D eigenvalue weighted by molar-refractivity contribution is 7.88. The molecule has 1 unspecified atom stereocenters. The topological polar surface area (TPSA) is 122 Å². The third kappa shape index (κ3) is 7.33. The van der Waals surface area contributed by atoms with Gasteiger partial charge in [0.05, 0.1) is 10.7 Å². The smallest absolute Gasteiger partial charge is 0.273 e. The molecule has 1 atom stereocenters. The van der Waals surface area contributed by atoms with Gasteiger partial charge in [-0.25, -0.2) is 8.42 Å². The number of rotatable bonds is 12. The molecule has 0 bridgehead atoms. The summed E-state index contributed by atoms with van der Waals surface area (Å²) < 4.78 is 34.8. The molecule has 1 aliphatic rings. The lowest BCUT2D eigenvalue weighted by atomic mass is 9.93. The van der Waals surface area contributed by atoms with Crippen molar-refractivity contribution >= 4 is 21.6 Å². The van der Waals surface area contributed by atoms with Gasteiger partial charge in [-0.15, -0.1) is 0 Å². The van der Waals surface area contributed by atoms with Crippen LogP contribution in [0.5, 0.6) is 11.5 Å². The van der Waals surface area contributed by atoms with Gasteiger partial charge in [0, 0.05) is 43.3 Å². The second kappa shape index (κ2) is 13.5. The molecule has 1 heterocycles. The van der Waals surface area contributed by atoms with Crippen molar-refractivity contribution in [2.45, 2.75) is 58.0 Å². The summed E-state index contributed by atoms with van der Waals surface area (Å²) in [5.41, 5.74) is 1.18.